The number of hydrogen-bond acceptors (Lipinski definition) is 3. The summed E-state index contributed by atoms with van der Waals surface area (Å²) in [6.07, 6.45) is 0.234. The lowest BCUT2D eigenvalue weighted by Gasteiger charge is -2.18. The second-order valence-electron chi connectivity index (χ2n) is 5.01. The Bertz CT molecular complexity index is 728. The van der Waals surface area contributed by atoms with Gasteiger partial charge in [0.15, 0.2) is 0 Å². The van der Waals surface area contributed by atoms with Crippen LogP contribution >= 0.6 is 0 Å². The van der Waals surface area contributed by atoms with Gasteiger partial charge < -0.3 is 10.2 Å². The van der Waals surface area contributed by atoms with Crippen molar-refractivity contribution >= 4 is 17.3 Å². The maximum Gasteiger partial charge on any atom is 0.253 e. The van der Waals surface area contributed by atoms with Crippen LogP contribution in [-0.2, 0) is 4.79 Å². The van der Waals surface area contributed by atoms with Gasteiger partial charge in [-0.2, -0.15) is 22.5 Å². The minimum absolute atomic E-state index is 0.234. The number of carbonyl (C=O) groups excluding carboxylic acids is 1. The maximum atomic E-state index is 13.6. The normalized spacial score (nSPS) is 17.7. The Morgan fingerprint density at radius 2 is 1.65 bits per heavy atom. The highest BCUT2D eigenvalue weighted by molar-refractivity contribution is 6.01. The van der Waals surface area contributed by atoms with Crippen LogP contribution in [0.1, 0.15) is 6.42 Å². The maximum absolute atomic E-state index is 13.6. The summed E-state index contributed by atoms with van der Waals surface area (Å²) in [7, 11) is 0. The fourth-order valence-electron chi connectivity index (χ4n) is 2.47. The molecule has 1 saturated heterocycles. The fourth-order valence-corrected chi connectivity index (χ4v) is 2.47. The number of anilines is 2. The topological polar surface area (TPSA) is 45.2 Å². The van der Waals surface area contributed by atoms with Gasteiger partial charge in [0.1, 0.15) is 11.7 Å². The average molecular weight is 325 g/mol. The zero-order chi connectivity index (χ0) is 16.6. The number of carbonyl (C=O) groups is 1. The van der Waals surface area contributed by atoms with Gasteiger partial charge in [0.25, 0.3) is 11.9 Å². The minimum atomic E-state index is -1.77. The Morgan fingerprint density at radius 3 is 2.26 bits per heavy atom. The Kier molecular flexibility index (Phi) is 3.89. The molecule has 0 radical (unpaired) electrons. The highest BCUT2D eigenvalue weighted by atomic mass is 19.2. The van der Waals surface area contributed by atoms with Gasteiger partial charge in [-0.3, -0.25) is 4.79 Å². The SMILES string of the molecule is O=C1C(Nc2c(F)c(F)nc(F)c2F)CCN1c1ccccc1. The first-order chi connectivity index (χ1) is 11.0. The molecule has 1 aromatic heterocycles. The van der Waals surface area contributed by atoms with E-state index in [1.165, 1.54) is 4.90 Å². The van der Waals surface area contributed by atoms with E-state index >= 15 is 0 Å². The summed E-state index contributed by atoms with van der Waals surface area (Å²) in [6, 6.07) is 7.72. The van der Waals surface area contributed by atoms with E-state index in [1.807, 2.05) is 0 Å². The van der Waals surface area contributed by atoms with Crippen molar-refractivity contribution in [1.82, 2.24) is 4.98 Å². The molecule has 0 spiro atoms. The van der Waals surface area contributed by atoms with E-state index in [1.54, 1.807) is 30.3 Å². The Morgan fingerprint density at radius 1 is 1.04 bits per heavy atom. The summed E-state index contributed by atoms with van der Waals surface area (Å²) in [5, 5.41) is 2.25. The fraction of sp³-hybridized carbons (Fsp3) is 0.200. The van der Waals surface area contributed by atoms with E-state index < -0.39 is 41.2 Å². The van der Waals surface area contributed by atoms with Gasteiger partial charge in [0.2, 0.25) is 17.5 Å². The third-order valence-corrected chi connectivity index (χ3v) is 3.59. The predicted octanol–water partition coefficient (Wildman–Crippen LogP) is 2.86. The summed E-state index contributed by atoms with van der Waals surface area (Å²) in [5.41, 5.74) is -0.391. The van der Waals surface area contributed by atoms with Crippen molar-refractivity contribution in [2.24, 2.45) is 0 Å². The van der Waals surface area contributed by atoms with Crippen LogP contribution in [0.15, 0.2) is 30.3 Å². The number of pyridine rings is 1. The van der Waals surface area contributed by atoms with Crippen LogP contribution in [-0.4, -0.2) is 23.5 Å². The smallest absolute Gasteiger partial charge is 0.253 e. The standard InChI is InChI=1S/C15H11F4N3O/c16-10-12(11(17)14(19)21-13(10)18)20-9-6-7-22(15(9)23)8-4-2-1-3-5-8/h1-5,9H,6-7H2,(H,20,21). The molecule has 4 nitrogen and oxygen atoms in total. The van der Waals surface area contributed by atoms with Gasteiger partial charge >= 0.3 is 0 Å². The number of aromatic nitrogens is 1. The van der Waals surface area contributed by atoms with E-state index in [-0.39, 0.29) is 6.42 Å². The van der Waals surface area contributed by atoms with Gasteiger partial charge in [-0.25, -0.2) is 0 Å². The minimum Gasteiger partial charge on any atom is -0.369 e. The van der Waals surface area contributed by atoms with E-state index in [4.69, 9.17) is 0 Å². The molecule has 23 heavy (non-hydrogen) atoms. The van der Waals surface area contributed by atoms with Crippen molar-refractivity contribution in [3.8, 4) is 0 Å². The number of amides is 1. The van der Waals surface area contributed by atoms with Gasteiger partial charge in [0.05, 0.1) is 0 Å². The van der Waals surface area contributed by atoms with Crippen LogP contribution < -0.4 is 10.2 Å². The molecule has 0 bridgehead atoms. The molecule has 120 valence electrons. The number of nitrogens with zero attached hydrogens (tertiary/aromatic N) is 2. The third-order valence-electron chi connectivity index (χ3n) is 3.59. The molecule has 1 aromatic carbocycles. The molecular formula is C15H11F4N3O. The molecule has 1 atom stereocenters. The van der Waals surface area contributed by atoms with Gasteiger partial charge in [0, 0.05) is 12.2 Å². The lowest BCUT2D eigenvalue weighted by atomic mass is 10.2. The van der Waals surface area contributed by atoms with E-state index in [9.17, 15) is 22.4 Å². The third kappa shape index (κ3) is 2.71. The predicted molar refractivity (Wildman–Crippen MR) is 74.9 cm³/mol. The Balaban J connectivity index is 1.84. The van der Waals surface area contributed by atoms with Crippen LogP contribution in [0.3, 0.4) is 0 Å². The van der Waals surface area contributed by atoms with Crippen molar-refractivity contribution in [2.45, 2.75) is 12.5 Å². The van der Waals surface area contributed by atoms with E-state index in [2.05, 4.69) is 10.3 Å². The largest absolute Gasteiger partial charge is 0.369 e. The van der Waals surface area contributed by atoms with Crippen LogP contribution in [0.4, 0.5) is 28.9 Å². The van der Waals surface area contributed by atoms with E-state index in [0.29, 0.717) is 12.2 Å². The summed E-state index contributed by atoms with van der Waals surface area (Å²) in [6.45, 7) is 0.319. The van der Waals surface area contributed by atoms with Crippen molar-refractivity contribution in [1.29, 1.82) is 0 Å². The highest BCUT2D eigenvalue weighted by Gasteiger charge is 2.34. The first-order valence-corrected chi connectivity index (χ1v) is 6.82. The number of hydrogen-bond donors (Lipinski definition) is 1. The molecule has 2 heterocycles. The van der Waals surface area contributed by atoms with Crippen LogP contribution in [0.2, 0.25) is 0 Å². The molecule has 1 fully saturated rings. The van der Waals surface area contributed by atoms with Crippen molar-refractivity contribution in [3.05, 3.63) is 53.9 Å². The number of rotatable bonds is 3. The van der Waals surface area contributed by atoms with Crippen LogP contribution in [0.25, 0.3) is 0 Å². The van der Waals surface area contributed by atoms with Crippen molar-refractivity contribution in [3.63, 3.8) is 0 Å². The van der Waals surface area contributed by atoms with E-state index in [0.717, 1.165) is 0 Å². The Labute approximate surface area is 128 Å². The van der Waals surface area contributed by atoms with Crippen LogP contribution in [0.5, 0.6) is 0 Å². The number of halogens is 4. The summed E-state index contributed by atoms with van der Waals surface area (Å²) in [4.78, 5) is 16.2. The van der Waals surface area contributed by atoms with Gasteiger partial charge in [-0.1, -0.05) is 18.2 Å². The lowest BCUT2D eigenvalue weighted by molar-refractivity contribution is -0.117. The first-order valence-electron chi connectivity index (χ1n) is 6.82. The number of nitrogens with one attached hydrogen (secondary N) is 1. The molecule has 1 unspecified atom stereocenters. The van der Waals surface area contributed by atoms with Crippen molar-refractivity contribution < 1.29 is 22.4 Å². The van der Waals surface area contributed by atoms with Crippen molar-refractivity contribution in [2.75, 3.05) is 16.8 Å². The molecule has 1 aliphatic heterocycles. The molecule has 2 aromatic rings. The zero-order valence-electron chi connectivity index (χ0n) is 11.7. The summed E-state index contributed by atoms with van der Waals surface area (Å²) >= 11 is 0. The highest BCUT2D eigenvalue weighted by Crippen LogP contribution is 2.27. The number of para-hydroxylation sites is 1. The van der Waals surface area contributed by atoms with Crippen LogP contribution in [0, 0.1) is 23.5 Å². The zero-order valence-corrected chi connectivity index (χ0v) is 11.7. The average Bonchev–Trinajstić information content (AvgIpc) is 2.91. The summed E-state index contributed by atoms with van der Waals surface area (Å²) in [5.74, 6) is -7.29. The quantitative estimate of drug-likeness (QED) is 0.697. The monoisotopic (exact) mass is 325 g/mol. The van der Waals surface area contributed by atoms with Gasteiger partial charge in [-0.15, -0.1) is 0 Å². The summed E-state index contributed by atoms with van der Waals surface area (Å²) < 4.78 is 53.4. The lowest BCUT2D eigenvalue weighted by Crippen LogP contribution is -2.34. The molecule has 1 aliphatic rings. The molecule has 1 amide bonds. The second kappa shape index (κ2) is 5.86. The molecule has 3 rings (SSSR count). The second-order valence-corrected chi connectivity index (χ2v) is 5.01. The Hall–Kier alpha value is -2.64. The molecule has 0 aliphatic carbocycles. The molecule has 1 N–H and O–H groups in total. The molecular weight excluding hydrogens is 314 g/mol. The van der Waals surface area contributed by atoms with Gasteiger partial charge in [-0.05, 0) is 18.6 Å². The first kappa shape index (κ1) is 15.3. The molecule has 0 saturated carbocycles. The number of benzene rings is 1. The molecule has 8 heteroatoms.